The van der Waals surface area contributed by atoms with E-state index in [4.69, 9.17) is 4.74 Å². The molecule has 3 nitrogen and oxygen atoms in total. The summed E-state index contributed by atoms with van der Waals surface area (Å²) in [4.78, 5) is 11.6. The Hall–Kier alpha value is -1.35. The summed E-state index contributed by atoms with van der Waals surface area (Å²) in [5, 5.41) is 0. The predicted molar refractivity (Wildman–Crippen MR) is 62.4 cm³/mol. The summed E-state index contributed by atoms with van der Waals surface area (Å²) in [5.41, 5.74) is 4.85. The number of hydrogen-bond donors (Lipinski definition) is 1. The predicted octanol–water partition coefficient (Wildman–Crippen LogP) is 1.39. The van der Waals surface area contributed by atoms with Gasteiger partial charge in [0.1, 0.15) is 6.61 Å². The summed E-state index contributed by atoms with van der Waals surface area (Å²) in [6, 6.07) is 9.41. The first-order chi connectivity index (χ1) is 7.65. The molecule has 1 rings (SSSR count). The molecule has 0 radical (unpaired) electrons. The number of esters is 1. The molecule has 3 heteroatoms. The Morgan fingerprint density at radius 3 is 2.56 bits per heavy atom. The molecule has 0 heterocycles. The molecule has 1 aromatic rings. The van der Waals surface area contributed by atoms with Crippen LogP contribution in [0, 0.1) is 5.92 Å². The zero-order valence-corrected chi connectivity index (χ0v) is 9.98. The zero-order valence-electron chi connectivity index (χ0n) is 9.98. The van der Waals surface area contributed by atoms with Crippen LogP contribution in [0.15, 0.2) is 30.3 Å². The highest BCUT2D eigenvalue weighted by atomic mass is 16.5. The van der Waals surface area contributed by atoms with E-state index in [0.717, 1.165) is 12.0 Å². The molecule has 0 aliphatic heterocycles. The lowest BCUT2D eigenvalue weighted by molar-refractivity contribution is -0.420. The first-order valence-corrected chi connectivity index (χ1v) is 5.68. The van der Waals surface area contributed by atoms with Crippen molar-refractivity contribution in [3.05, 3.63) is 35.9 Å². The van der Waals surface area contributed by atoms with Gasteiger partial charge in [-0.1, -0.05) is 44.2 Å². The molecule has 0 spiro atoms. The number of rotatable bonds is 5. The van der Waals surface area contributed by atoms with Crippen molar-refractivity contribution in [2.75, 3.05) is 0 Å². The first-order valence-electron chi connectivity index (χ1n) is 5.68. The number of carbonyl (C=O) groups is 1. The van der Waals surface area contributed by atoms with Gasteiger partial charge in [-0.05, 0) is 12.0 Å². The molecular weight excluding hydrogens is 202 g/mol. The molecule has 3 N–H and O–H groups in total. The van der Waals surface area contributed by atoms with Crippen LogP contribution in [0.4, 0.5) is 0 Å². The van der Waals surface area contributed by atoms with Crippen molar-refractivity contribution in [1.29, 1.82) is 0 Å². The molecule has 2 atom stereocenters. The Kier molecular flexibility index (Phi) is 4.99. The van der Waals surface area contributed by atoms with E-state index in [2.05, 4.69) is 5.73 Å². The molecule has 1 unspecified atom stereocenters. The fourth-order valence-corrected chi connectivity index (χ4v) is 1.35. The van der Waals surface area contributed by atoms with E-state index in [1.165, 1.54) is 0 Å². The third-order valence-corrected chi connectivity index (χ3v) is 2.86. The topological polar surface area (TPSA) is 53.9 Å². The van der Waals surface area contributed by atoms with Crippen molar-refractivity contribution in [1.82, 2.24) is 0 Å². The highest BCUT2D eigenvalue weighted by molar-refractivity contribution is 5.74. The van der Waals surface area contributed by atoms with Gasteiger partial charge in [-0.2, -0.15) is 0 Å². The SMILES string of the molecule is CCC(C)[C@H]([NH3+])C(=O)OCc1ccccc1. The molecule has 0 amide bonds. The van der Waals surface area contributed by atoms with Gasteiger partial charge >= 0.3 is 5.97 Å². The number of ether oxygens (including phenoxy) is 1. The van der Waals surface area contributed by atoms with Crippen LogP contribution in [0.5, 0.6) is 0 Å². The maximum absolute atomic E-state index is 11.6. The summed E-state index contributed by atoms with van der Waals surface area (Å²) in [5.74, 6) is 0.0569. The van der Waals surface area contributed by atoms with Crippen LogP contribution in [0.2, 0.25) is 0 Å². The molecule has 0 fully saturated rings. The largest absolute Gasteiger partial charge is 0.456 e. The molecule has 0 aliphatic rings. The van der Waals surface area contributed by atoms with Crippen molar-refractivity contribution in [2.24, 2.45) is 5.92 Å². The summed E-state index contributed by atoms with van der Waals surface area (Å²) >= 11 is 0. The standard InChI is InChI=1S/C13H19NO2/c1-3-10(2)12(14)13(15)16-9-11-7-5-4-6-8-11/h4-8,10,12H,3,9,14H2,1-2H3/p+1/t10?,12-/m0/s1. The van der Waals surface area contributed by atoms with Crippen molar-refractivity contribution in [2.45, 2.75) is 32.9 Å². The molecule has 88 valence electrons. The molecule has 1 aromatic carbocycles. The molecule has 0 bridgehead atoms. The maximum atomic E-state index is 11.6. The summed E-state index contributed by atoms with van der Waals surface area (Å²) in [6.45, 7) is 4.40. The summed E-state index contributed by atoms with van der Waals surface area (Å²) in [7, 11) is 0. The molecular formula is C13H20NO2+. The van der Waals surface area contributed by atoms with Gasteiger partial charge in [-0.3, -0.25) is 0 Å². The van der Waals surface area contributed by atoms with E-state index in [1.54, 1.807) is 0 Å². The Labute approximate surface area is 96.6 Å². The molecule has 0 aliphatic carbocycles. The molecule has 16 heavy (non-hydrogen) atoms. The average Bonchev–Trinajstić information content (AvgIpc) is 2.35. The van der Waals surface area contributed by atoms with Gasteiger partial charge in [0.2, 0.25) is 0 Å². The van der Waals surface area contributed by atoms with Gasteiger partial charge < -0.3 is 10.5 Å². The second-order valence-electron chi connectivity index (χ2n) is 4.09. The quantitative estimate of drug-likeness (QED) is 0.765. The Morgan fingerprint density at radius 2 is 2.00 bits per heavy atom. The fraction of sp³-hybridized carbons (Fsp3) is 0.462. The lowest BCUT2D eigenvalue weighted by Gasteiger charge is -2.13. The summed E-state index contributed by atoms with van der Waals surface area (Å²) in [6.07, 6.45) is 0.939. The van der Waals surface area contributed by atoms with Crippen LogP contribution < -0.4 is 5.73 Å². The Balaban J connectivity index is 2.41. The Bertz CT molecular complexity index is 324. The molecule has 0 aromatic heterocycles. The van der Waals surface area contributed by atoms with Gasteiger partial charge in [0.15, 0.2) is 6.04 Å². The van der Waals surface area contributed by atoms with E-state index in [0.29, 0.717) is 6.61 Å². The number of carbonyl (C=O) groups excluding carboxylic acids is 1. The van der Waals surface area contributed by atoms with Crippen LogP contribution in [-0.4, -0.2) is 12.0 Å². The first kappa shape index (κ1) is 12.7. The highest BCUT2D eigenvalue weighted by Gasteiger charge is 2.24. The van der Waals surface area contributed by atoms with Crippen LogP contribution >= 0.6 is 0 Å². The van der Waals surface area contributed by atoms with Crippen molar-refractivity contribution >= 4 is 5.97 Å². The lowest BCUT2D eigenvalue weighted by Crippen LogP contribution is -2.68. The summed E-state index contributed by atoms with van der Waals surface area (Å²) < 4.78 is 5.21. The van der Waals surface area contributed by atoms with Crippen LogP contribution in [0.25, 0.3) is 0 Å². The van der Waals surface area contributed by atoms with E-state index >= 15 is 0 Å². The number of benzene rings is 1. The average molecular weight is 222 g/mol. The van der Waals surface area contributed by atoms with Crippen LogP contribution in [-0.2, 0) is 16.1 Å². The second-order valence-corrected chi connectivity index (χ2v) is 4.09. The molecule has 0 saturated carbocycles. The van der Waals surface area contributed by atoms with E-state index in [1.807, 2.05) is 44.2 Å². The van der Waals surface area contributed by atoms with Crippen LogP contribution in [0.1, 0.15) is 25.8 Å². The fourth-order valence-electron chi connectivity index (χ4n) is 1.35. The van der Waals surface area contributed by atoms with Gasteiger partial charge in [0.05, 0.1) is 0 Å². The lowest BCUT2D eigenvalue weighted by atomic mass is 10.0. The molecule has 0 saturated heterocycles. The smallest absolute Gasteiger partial charge is 0.365 e. The van der Waals surface area contributed by atoms with Gasteiger partial charge in [-0.25, -0.2) is 4.79 Å². The third-order valence-electron chi connectivity index (χ3n) is 2.86. The van der Waals surface area contributed by atoms with E-state index in [-0.39, 0.29) is 17.9 Å². The van der Waals surface area contributed by atoms with Crippen molar-refractivity contribution in [3.8, 4) is 0 Å². The minimum absolute atomic E-state index is 0.210. The maximum Gasteiger partial charge on any atom is 0.365 e. The van der Waals surface area contributed by atoms with Gasteiger partial charge in [0, 0.05) is 5.92 Å². The van der Waals surface area contributed by atoms with E-state index < -0.39 is 0 Å². The minimum atomic E-state index is -0.270. The monoisotopic (exact) mass is 222 g/mol. The zero-order chi connectivity index (χ0) is 12.0. The van der Waals surface area contributed by atoms with E-state index in [9.17, 15) is 4.79 Å². The number of hydrogen-bond acceptors (Lipinski definition) is 2. The van der Waals surface area contributed by atoms with Gasteiger partial charge in [0.25, 0.3) is 0 Å². The third kappa shape index (κ3) is 3.66. The Morgan fingerprint density at radius 1 is 1.38 bits per heavy atom. The highest BCUT2D eigenvalue weighted by Crippen LogP contribution is 2.07. The normalized spacial score (nSPS) is 14.2. The minimum Gasteiger partial charge on any atom is -0.456 e. The van der Waals surface area contributed by atoms with Crippen molar-refractivity contribution in [3.63, 3.8) is 0 Å². The van der Waals surface area contributed by atoms with Gasteiger partial charge in [-0.15, -0.1) is 0 Å². The second kappa shape index (κ2) is 6.28. The number of quaternary nitrogens is 1. The van der Waals surface area contributed by atoms with Crippen LogP contribution in [0.3, 0.4) is 0 Å². The van der Waals surface area contributed by atoms with Crippen molar-refractivity contribution < 1.29 is 15.3 Å².